The smallest absolute Gasteiger partial charge is 0.291 e. The molecule has 148 valence electrons. The van der Waals surface area contributed by atoms with E-state index in [1.54, 1.807) is 7.11 Å². The topological polar surface area (TPSA) is 65.7 Å². The minimum atomic E-state index is -0.177. The average Bonchev–Trinajstić information content (AvgIpc) is 3.26. The number of benzene rings is 2. The van der Waals surface area contributed by atoms with Gasteiger partial charge in [0.25, 0.3) is 5.56 Å². The van der Waals surface area contributed by atoms with Crippen molar-refractivity contribution in [2.45, 2.75) is 13.8 Å². The van der Waals surface area contributed by atoms with Crippen molar-refractivity contribution in [3.63, 3.8) is 0 Å². The third-order valence-electron chi connectivity index (χ3n) is 4.27. The maximum Gasteiger partial charge on any atom is 0.291 e. The van der Waals surface area contributed by atoms with Crippen molar-refractivity contribution >= 4 is 22.4 Å². The zero-order valence-electron chi connectivity index (χ0n) is 16.5. The molecular weight excluding hydrogens is 386 g/mol. The first kappa shape index (κ1) is 19.1. The summed E-state index contributed by atoms with van der Waals surface area (Å²) in [7, 11) is 1.62. The molecule has 0 spiro atoms. The summed E-state index contributed by atoms with van der Waals surface area (Å²) in [6, 6.07) is 15.2. The Morgan fingerprint density at radius 2 is 1.93 bits per heavy atom. The maximum absolute atomic E-state index is 12.7. The van der Waals surface area contributed by atoms with Gasteiger partial charge in [-0.25, -0.2) is 0 Å². The molecule has 0 radical (unpaired) electrons. The van der Waals surface area contributed by atoms with Crippen LogP contribution < -0.4 is 19.6 Å². The predicted octanol–water partition coefficient (Wildman–Crippen LogP) is 3.41. The fraction of sp³-hybridized carbons (Fsp3) is 0.227. The van der Waals surface area contributed by atoms with E-state index in [2.05, 4.69) is 23.9 Å². The number of aromatic nitrogens is 3. The molecule has 0 aliphatic carbocycles. The Balaban J connectivity index is 1.63. The van der Waals surface area contributed by atoms with Gasteiger partial charge < -0.3 is 9.47 Å². The van der Waals surface area contributed by atoms with Gasteiger partial charge in [0.15, 0.2) is 5.82 Å². The van der Waals surface area contributed by atoms with E-state index in [1.165, 1.54) is 15.9 Å². The number of methoxy groups -OCH3 is 1. The molecule has 2 heterocycles. The monoisotopic (exact) mass is 407 g/mol. The molecule has 0 atom stereocenters. The van der Waals surface area contributed by atoms with Gasteiger partial charge in [0.05, 0.1) is 18.2 Å². The number of nitrogens with zero attached hydrogens (tertiary/aromatic N) is 3. The Bertz CT molecular complexity index is 1240. The SMILES string of the molecule is COc1cccc(/C=c2\sc3nc(-c4ccc(OCC(C)C)cc4)nn3c2=O)c1. The molecule has 0 amide bonds. The quantitative estimate of drug-likeness (QED) is 0.490. The van der Waals surface area contributed by atoms with Crippen molar-refractivity contribution < 1.29 is 9.47 Å². The van der Waals surface area contributed by atoms with Crippen molar-refractivity contribution in [3.05, 3.63) is 69.0 Å². The van der Waals surface area contributed by atoms with Crippen LogP contribution in [0.5, 0.6) is 11.5 Å². The summed E-state index contributed by atoms with van der Waals surface area (Å²) in [5.74, 6) is 2.54. The van der Waals surface area contributed by atoms with Crippen LogP contribution in [0, 0.1) is 5.92 Å². The molecule has 0 fully saturated rings. The van der Waals surface area contributed by atoms with Crippen molar-refractivity contribution in [3.8, 4) is 22.9 Å². The Kier molecular flexibility index (Phi) is 5.31. The van der Waals surface area contributed by atoms with E-state index in [4.69, 9.17) is 9.47 Å². The van der Waals surface area contributed by atoms with Crippen molar-refractivity contribution in [1.82, 2.24) is 14.6 Å². The molecule has 0 bridgehead atoms. The summed E-state index contributed by atoms with van der Waals surface area (Å²) in [4.78, 5) is 17.8. The van der Waals surface area contributed by atoms with Crippen molar-refractivity contribution in [1.29, 1.82) is 0 Å². The number of ether oxygens (including phenoxy) is 2. The summed E-state index contributed by atoms with van der Waals surface area (Å²) < 4.78 is 12.9. The molecule has 0 unspecified atom stereocenters. The zero-order chi connectivity index (χ0) is 20.4. The number of rotatable bonds is 6. The fourth-order valence-electron chi connectivity index (χ4n) is 2.80. The van der Waals surface area contributed by atoms with E-state index in [0.29, 0.717) is 27.8 Å². The van der Waals surface area contributed by atoms with Crippen LogP contribution in [0.4, 0.5) is 0 Å². The molecule has 0 aliphatic rings. The first-order valence-electron chi connectivity index (χ1n) is 9.32. The second-order valence-corrected chi connectivity index (χ2v) is 8.06. The molecule has 2 aromatic carbocycles. The lowest BCUT2D eigenvalue weighted by molar-refractivity contribution is 0.271. The molecule has 0 saturated carbocycles. The van der Waals surface area contributed by atoms with Crippen LogP contribution in [0.15, 0.2) is 53.3 Å². The first-order chi connectivity index (χ1) is 14.0. The highest BCUT2D eigenvalue weighted by Crippen LogP contribution is 2.21. The third kappa shape index (κ3) is 4.14. The standard InChI is InChI=1S/C22H21N3O3S/c1-14(2)13-28-17-9-7-16(8-10-17)20-23-22-25(24-20)21(26)19(29-22)12-15-5-4-6-18(11-15)27-3/h4-12,14H,13H2,1-3H3/b19-12-. The molecule has 7 heteroatoms. The maximum atomic E-state index is 12.7. The average molecular weight is 407 g/mol. The number of hydrogen-bond donors (Lipinski definition) is 0. The highest BCUT2D eigenvalue weighted by Gasteiger charge is 2.12. The number of fused-ring (bicyclic) bond motifs is 1. The molecule has 0 N–H and O–H groups in total. The first-order valence-corrected chi connectivity index (χ1v) is 10.1. The van der Waals surface area contributed by atoms with E-state index in [1.807, 2.05) is 54.6 Å². The summed E-state index contributed by atoms with van der Waals surface area (Å²) in [6.45, 7) is 4.89. The van der Waals surface area contributed by atoms with Gasteiger partial charge in [-0.05, 0) is 54.0 Å². The summed E-state index contributed by atoms with van der Waals surface area (Å²) in [5.41, 5.74) is 1.56. The van der Waals surface area contributed by atoms with Gasteiger partial charge in [-0.1, -0.05) is 37.3 Å². The summed E-state index contributed by atoms with van der Waals surface area (Å²) >= 11 is 1.32. The number of thiazole rings is 1. The van der Waals surface area contributed by atoms with Crippen LogP contribution in [0.3, 0.4) is 0 Å². The van der Waals surface area contributed by atoms with Gasteiger partial charge in [-0.2, -0.15) is 9.50 Å². The Morgan fingerprint density at radius 1 is 1.14 bits per heavy atom. The molecule has 4 rings (SSSR count). The van der Waals surface area contributed by atoms with E-state index >= 15 is 0 Å². The summed E-state index contributed by atoms with van der Waals surface area (Å²) in [6.07, 6.45) is 1.83. The lowest BCUT2D eigenvalue weighted by Gasteiger charge is -2.08. The Labute approximate surface area is 172 Å². The second-order valence-electron chi connectivity index (χ2n) is 7.05. The van der Waals surface area contributed by atoms with Gasteiger partial charge >= 0.3 is 0 Å². The normalized spacial score (nSPS) is 12.1. The largest absolute Gasteiger partial charge is 0.497 e. The van der Waals surface area contributed by atoms with Gasteiger partial charge in [-0.3, -0.25) is 4.79 Å². The minimum Gasteiger partial charge on any atom is -0.497 e. The van der Waals surface area contributed by atoms with Crippen LogP contribution in [0.1, 0.15) is 19.4 Å². The van der Waals surface area contributed by atoms with E-state index in [0.717, 1.165) is 22.6 Å². The highest BCUT2D eigenvalue weighted by molar-refractivity contribution is 7.15. The lowest BCUT2D eigenvalue weighted by Crippen LogP contribution is -2.23. The van der Waals surface area contributed by atoms with Crippen LogP contribution >= 0.6 is 11.3 Å². The van der Waals surface area contributed by atoms with E-state index < -0.39 is 0 Å². The van der Waals surface area contributed by atoms with Crippen LogP contribution in [-0.2, 0) is 0 Å². The van der Waals surface area contributed by atoms with Gasteiger partial charge in [0.2, 0.25) is 4.96 Å². The third-order valence-corrected chi connectivity index (χ3v) is 5.23. The van der Waals surface area contributed by atoms with Gasteiger partial charge in [0, 0.05) is 5.56 Å². The Hall–Kier alpha value is -3.19. The molecule has 6 nitrogen and oxygen atoms in total. The van der Waals surface area contributed by atoms with Crippen LogP contribution in [-0.4, -0.2) is 28.3 Å². The zero-order valence-corrected chi connectivity index (χ0v) is 17.3. The van der Waals surface area contributed by atoms with Crippen LogP contribution in [0.25, 0.3) is 22.4 Å². The fourth-order valence-corrected chi connectivity index (χ4v) is 3.71. The molecular formula is C22H21N3O3S. The lowest BCUT2D eigenvalue weighted by atomic mass is 10.2. The van der Waals surface area contributed by atoms with E-state index in [-0.39, 0.29) is 5.56 Å². The second kappa shape index (κ2) is 8.05. The Morgan fingerprint density at radius 3 is 2.62 bits per heavy atom. The molecule has 0 aliphatic heterocycles. The van der Waals surface area contributed by atoms with Crippen molar-refractivity contribution in [2.24, 2.45) is 5.92 Å². The molecule has 0 saturated heterocycles. The van der Waals surface area contributed by atoms with E-state index in [9.17, 15) is 4.79 Å². The summed E-state index contributed by atoms with van der Waals surface area (Å²) in [5, 5.41) is 4.40. The molecule has 2 aromatic heterocycles. The highest BCUT2D eigenvalue weighted by atomic mass is 32.1. The van der Waals surface area contributed by atoms with Crippen molar-refractivity contribution in [2.75, 3.05) is 13.7 Å². The minimum absolute atomic E-state index is 0.177. The predicted molar refractivity (Wildman–Crippen MR) is 115 cm³/mol. The van der Waals surface area contributed by atoms with Crippen LogP contribution in [0.2, 0.25) is 0 Å². The van der Waals surface area contributed by atoms with Gasteiger partial charge in [0.1, 0.15) is 11.5 Å². The molecule has 29 heavy (non-hydrogen) atoms. The van der Waals surface area contributed by atoms with Gasteiger partial charge in [-0.15, -0.1) is 5.10 Å². The number of hydrogen-bond acceptors (Lipinski definition) is 6. The molecule has 4 aromatic rings.